The molecule has 0 aliphatic carbocycles. The van der Waals surface area contributed by atoms with Gasteiger partial charge in [-0.25, -0.2) is 9.78 Å². The van der Waals surface area contributed by atoms with E-state index in [1.54, 1.807) is 0 Å². The quantitative estimate of drug-likeness (QED) is 0.850. The Hall–Kier alpha value is -1.10. The summed E-state index contributed by atoms with van der Waals surface area (Å²) in [4.78, 5) is 18.0. The fourth-order valence-corrected chi connectivity index (χ4v) is 2.92. The van der Waals surface area contributed by atoms with E-state index in [1.165, 1.54) is 11.3 Å². The molecule has 4 nitrogen and oxygen atoms in total. The van der Waals surface area contributed by atoms with E-state index in [0.717, 1.165) is 18.0 Å². The predicted molar refractivity (Wildman–Crippen MR) is 71.2 cm³/mol. The topological polar surface area (TPSA) is 53.4 Å². The van der Waals surface area contributed by atoms with Gasteiger partial charge < -0.3 is 10.0 Å². The number of anilines is 1. The van der Waals surface area contributed by atoms with Gasteiger partial charge in [0.15, 0.2) is 5.13 Å². The number of nitrogens with zero attached hydrogens (tertiary/aromatic N) is 2. The van der Waals surface area contributed by atoms with E-state index in [-0.39, 0.29) is 0 Å². The van der Waals surface area contributed by atoms with Gasteiger partial charge in [0.2, 0.25) is 0 Å². The standard InChI is InChI=1S/C12H20N2O2S/c1-5-8(6-2)14(4)12-13-9(7-3)10(17-12)11(15)16/h8H,5-7H2,1-4H3,(H,15,16). The van der Waals surface area contributed by atoms with E-state index < -0.39 is 5.97 Å². The van der Waals surface area contributed by atoms with Crippen LogP contribution in [0.5, 0.6) is 0 Å². The summed E-state index contributed by atoms with van der Waals surface area (Å²) in [5.74, 6) is -0.872. The van der Waals surface area contributed by atoms with Crippen LogP contribution >= 0.6 is 11.3 Å². The number of hydrogen-bond acceptors (Lipinski definition) is 4. The van der Waals surface area contributed by atoms with E-state index in [1.807, 2.05) is 14.0 Å². The van der Waals surface area contributed by atoms with Crippen LogP contribution in [0.4, 0.5) is 5.13 Å². The summed E-state index contributed by atoms with van der Waals surface area (Å²) in [6, 6.07) is 0.424. The molecule has 0 bridgehead atoms. The maximum Gasteiger partial charge on any atom is 0.347 e. The number of carboxylic acid groups (broad SMARTS) is 1. The van der Waals surface area contributed by atoms with Crippen molar-refractivity contribution in [1.29, 1.82) is 0 Å². The number of thiazole rings is 1. The molecule has 1 aromatic heterocycles. The van der Waals surface area contributed by atoms with Crippen LogP contribution in [0.1, 0.15) is 49.0 Å². The van der Waals surface area contributed by atoms with Gasteiger partial charge in [-0.15, -0.1) is 0 Å². The normalized spacial score (nSPS) is 10.9. The van der Waals surface area contributed by atoms with Crippen molar-refractivity contribution in [3.63, 3.8) is 0 Å². The smallest absolute Gasteiger partial charge is 0.347 e. The fraction of sp³-hybridized carbons (Fsp3) is 0.667. The monoisotopic (exact) mass is 256 g/mol. The molecule has 0 amide bonds. The lowest BCUT2D eigenvalue weighted by Crippen LogP contribution is -2.30. The van der Waals surface area contributed by atoms with Crippen molar-refractivity contribution in [2.24, 2.45) is 0 Å². The molecule has 1 rings (SSSR count). The molecular weight excluding hydrogens is 236 g/mol. The molecule has 0 radical (unpaired) electrons. The highest BCUT2D eigenvalue weighted by Crippen LogP contribution is 2.28. The van der Waals surface area contributed by atoms with Crippen LogP contribution in [0.25, 0.3) is 0 Å². The average Bonchev–Trinajstić information content (AvgIpc) is 2.74. The van der Waals surface area contributed by atoms with Gasteiger partial charge in [0.1, 0.15) is 4.88 Å². The van der Waals surface area contributed by atoms with Crippen molar-refractivity contribution < 1.29 is 9.90 Å². The highest BCUT2D eigenvalue weighted by Gasteiger charge is 2.20. The first-order valence-electron chi connectivity index (χ1n) is 6.00. The van der Waals surface area contributed by atoms with Crippen molar-refractivity contribution in [1.82, 2.24) is 4.98 Å². The van der Waals surface area contributed by atoms with Crippen molar-refractivity contribution in [3.05, 3.63) is 10.6 Å². The Labute approximate surface area is 106 Å². The van der Waals surface area contributed by atoms with Crippen LogP contribution in [-0.4, -0.2) is 29.1 Å². The third-order valence-electron chi connectivity index (χ3n) is 3.01. The zero-order valence-electron chi connectivity index (χ0n) is 10.9. The average molecular weight is 256 g/mol. The number of rotatable bonds is 6. The van der Waals surface area contributed by atoms with Crippen LogP contribution in [0.2, 0.25) is 0 Å². The lowest BCUT2D eigenvalue weighted by Gasteiger charge is -2.25. The van der Waals surface area contributed by atoms with E-state index >= 15 is 0 Å². The lowest BCUT2D eigenvalue weighted by molar-refractivity contribution is 0.0701. The van der Waals surface area contributed by atoms with Gasteiger partial charge in [-0.05, 0) is 19.3 Å². The second-order valence-electron chi connectivity index (χ2n) is 4.01. The van der Waals surface area contributed by atoms with E-state index in [2.05, 4.69) is 23.7 Å². The van der Waals surface area contributed by atoms with Gasteiger partial charge in [0.05, 0.1) is 5.69 Å². The van der Waals surface area contributed by atoms with Crippen LogP contribution in [0.15, 0.2) is 0 Å². The largest absolute Gasteiger partial charge is 0.477 e. The van der Waals surface area contributed by atoms with E-state index in [9.17, 15) is 4.79 Å². The maximum atomic E-state index is 11.1. The van der Waals surface area contributed by atoms with Crippen molar-refractivity contribution in [2.75, 3.05) is 11.9 Å². The van der Waals surface area contributed by atoms with Crippen molar-refractivity contribution in [2.45, 2.75) is 46.1 Å². The molecule has 1 N–H and O–H groups in total. The Balaban J connectivity index is 3.02. The van der Waals surface area contributed by atoms with Crippen LogP contribution in [-0.2, 0) is 6.42 Å². The van der Waals surface area contributed by atoms with Crippen molar-refractivity contribution >= 4 is 22.4 Å². The highest BCUT2D eigenvalue weighted by molar-refractivity contribution is 7.17. The van der Waals surface area contributed by atoms with Gasteiger partial charge in [0.25, 0.3) is 0 Å². The third kappa shape index (κ3) is 2.97. The van der Waals surface area contributed by atoms with Gasteiger partial charge in [-0.3, -0.25) is 0 Å². The number of carboxylic acids is 1. The summed E-state index contributed by atoms with van der Waals surface area (Å²) in [7, 11) is 1.99. The molecule has 5 heteroatoms. The maximum absolute atomic E-state index is 11.1. The molecule has 96 valence electrons. The van der Waals surface area contributed by atoms with Gasteiger partial charge in [-0.2, -0.15) is 0 Å². The molecule has 0 saturated heterocycles. The van der Waals surface area contributed by atoms with Crippen LogP contribution in [0.3, 0.4) is 0 Å². The summed E-state index contributed by atoms with van der Waals surface area (Å²) >= 11 is 1.27. The summed E-state index contributed by atoms with van der Waals surface area (Å²) in [5, 5.41) is 9.91. The Morgan fingerprint density at radius 1 is 1.41 bits per heavy atom. The zero-order chi connectivity index (χ0) is 13.0. The predicted octanol–water partition coefficient (Wildman–Crippen LogP) is 3.03. The fourth-order valence-electron chi connectivity index (χ4n) is 1.89. The Morgan fingerprint density at radius 2 is 2.00 bits per heavy atom. The minimum Gasteiger partial charge on any atom is -0.477 e. The summed E-state index contributed by atoms with van der Waals surface area (Å²) in [6.07, 6.45) is 2.74. The first-order chi connectivity index (χ1) is 8.04. The minimum atomic E-state index is -0.872. The molecule has 0 saturated carbocycles. The zero-order valence-corrected chi connectivity index (χ0v) is 11.7. The Morgan fingerprint density at radius 3 is 2.35 bits per heavy atom. The van der Waals surface area contributed by atoms with Crippen molar-refractivity contribution in [3.8, 4) is 0 Å². The molecule has 0 unspecified atom stereocenters. The van der Waals surface area contributed by atoms with Crippen LogP contribution in [0, 0.1) is 0 Å². The first-order valence-corrected chi connectivity index (χ1v) is 6.82. The number of aromatic nitrogens is 1. The SMILES string of the molecule is CCc1nc(N(C)C(CC)CC)sc1C(=O)O. The number of aryl methyl sites for hydroxylation is 1. The minimum absolute atomic E-state index is 0.375. The molecule has 1 aromatic rings. The van der Waals surface area contributed by atoms with Gasteiger partial charge >= 0.3 is 5.97 Å². The summed E-state index contributed by atoms with van der Waals surface area (Å²) in [6.45, 7) is 6.20. The van der Waals surface area contributed by atoms with Gasteiger partial charge in [-0.1, -0.05) is 32.1 Å². The molecule has 0 aromatic carbocycles. The number of hydrogen-bond donors (Lipinski definition) is 1. The second kappa shape index (κ2) is 6.00. The molecule has 0 aliphatic rings. The molecule has 0 atom stereocenters. The Bertz CT molecular complexity index is 386. The molecule has 1 heterocycles. The summed E-state index contributed by atoms with van der Waals surface area (Å²) < 4.78 is 0. The second-order valence-corrected chi connectivity index (χ2v) is 4.99. The molecular formula is C12H20N2O2S. The third-order valence-corrected chi connectivity index (χ3v) is 4.18. The molecule has 0 fully saturated rings. The van der Waals surface area contributed by atoms with E-state index in [0.29, 0.717) is 23.0 Å². The number of carbonyl (C=O) groups is 1. The van der Waals surface area contributed by atoms with Crippen LogP contribution < -0.4 is 4.90 Å². The molecule has 0 aliphatic heterocycles. The Kier molecular flexibility index (Phi) is 4.93. The van der Waals surface area contributed by atoms with Gasteiger partial charge in [0, 0.05) is 13.1 Å². The van der Waals surface area contributed by atoms with E-state index in [4.69, 9.17) is 5.11 Å². The number of aromatic carboxylic acids is 1. The molecule has 0 spiro atoms. The molecule has 17 heavy (non-hydrogen) atoms. The highest BCUT2D eigenvalue weighted by atomic mass is 32.1. The summed E-state index contributed by atoms with van der Waals surface area (Å²) in [5.41, 5.74) is 0.690. The first kappa shape index (κ1) is 14.0. The lowest BCUT2D eigenvalue weighted by atomic mass is 10.1.